The van der Waals surface area contributed by atoms with Crippen LogP contribution in [0.25, 0.3) is 0 Å². The predicted molar refractivity (Wildman–Crippen MR) is 72.1 cm³/mol. The van der Waals surface area contributed by atoms with E-state index in [2.05, 4.69) is 15.7 Å². The maximum absolute atomic E-state index is 5.41. The molecule has 1 heterocycles. The summed E-state index contributed by atoms with van der Waals surface area (Å²) in [5.74, 6) is 0. The molecule has 18 heavy (non-hydrogen) atoms. The Balaban J connectivity index is 1.81. The van der Waals surface area contributed by atoms with Gasteiger partial charge < -0.3 is 19.5 Å². The van der Waals surface area contributed by atoms with Crippen LogP contribution in [0.3, 0.4) is 0 Å². The second kappa shape index (κ2) is 10.4. The quantitative estimate of drug-likeness (QED) is 0.615. The molecule has 0 aliphatic heterocycles. The Bertz CT molecular complexity index is 307. The van der Waals surface area contributed by atoms with Crippen LogP contribution in [0.15, 0.2) is 5.38 Å². The first-order chi connectivity index (χ1) is 8.83. The first-order valence-electron chi connectivity index (χ1n) is 6.09. The third-order valence-corrected chi connectivity index (χ3v) is 3.02. The number of thiazole rings is 1. The lowest BCUT2D eigenvalue weighted by atomic mass is 10.5. The summed E-state index contributed by atoms with van der Waals surface area (Å²) in [5.41, 5.74) is 1.10. The van der Waals surface area contributed by atoms with Gasteiger partial charge in [0.25, 0.3) is 0 Å². The highest BCUT2D eigenvalue weighted by Gasteiger charge is 1.97. The average Bonchev–Trinajstić information content (AvgIpc) is 2.77. The van der Waals surface area contributed by atoms with Gasteiger partial charge in [-0.15, -0.1) is 11.3 Å². The first-order valence-corrected chi connectivity index (χ1v) is 6.97. The summed E-state index contributed by atoms with van der Waals surface area (Å²) in [7, 11) is 1.66. The number of aryl methyl sites for hydroxylation is 1. The van der Waals surface area contributed by atoms with Crippen LogP contribution in [0.5, 0.6) is 0 Å². The van der Waals surface area contributed by atoms with Crippen molar-refractivity contribution in [3.63, 3.8) is 0 Å². The van der Waals surface area contributed by atoms with Crippen LogP contribution in [0.2, 0.25) is 0 Å². The predicted octanol–water partition coefficient (Wildman–Crippen LogP) is 1.22. The SMILES string of the molecule is COCCOCCOCCNCc1csc(C)n1. The zero-order valence-corrected chi connectivity index (χ0v) is 11.9. The number of aromatic nitrogens is 1. The molecule has 1 aromatic rings. The maximum Gasteiger partial charge on any atom is 0.0897 e. The molecule has 0 saturated heterocycles. The standard InChI is InChI=1S/C12H22N2O3S/c1-11-14-12(10-18-11)9-13-3-4-16-7-8-17-6-5-15-2/h10,13H,3-9H2,1-2H3. The van der Waals surface area contributed by atoms with E-state index in [1.54, 1.807) is 18.4 Å². The van der Waals surface area contributed by atoms with E-state index in [0.717, 1.165) is 23.8 Å². The van der Waals surface area contributed by atoms with Crippen molar-refractivity contribution in [1.82, 2.24) is 10.3 Å². The van der Waals surface area contributed by atoms with Gasteiger partial charge in [-0.25, -0.2) is 4.98 Å². The van der Waals surface area contributed by atoms with Crippen LogP contribution in [0, 0.1) is 6.92 Å². The Kier molecular flexibility index (Phi) is 8.97. The van der Waals surface area contributed by atoms with E-state index >= 15 is 0 Å². The van der Waals surface area contributed by atoms with Gasteiger partial charge in [0.05, 0.1) is 43.7 Å². The number of rotatable bonds is 11. The zero-order valence-electron chi connectivity index (χ0n) is 11.1. The number of ether oxygens (including phenoxy) is 3. The number of nitrogens with one attached hydrogen (secondary N) is 1. The Hall–Kier alpha value is -0.530. The molecule has 0 aliphatic carbocycles. The van der Waals surface area contributed by atoms with E-state index in [-0.39, 0.29) is 0 Å². The van der Waals surface area contributed by atoms with Crippen molar-refractivity contribution in [2.75, 3.05) is 46.7 Å². The van der Waals surface area contributed by atoms with Crippen LogP contribution in [0.1, 0.15) is 10.7 Å². The van der Waals surface area contributed by atoms with E-state index in [1.165, 1.54) is 0 Å². The van der Waals surface area contributed by atoms with Crippen LogP contribution < -0.4 is 5.32 Å². The highest BCUT2D eigenvalue weighted by Crippen LogP contribution is 2.06. The number of hydrogen-bond donors (Lipinski definition) is 1. The van der Waals surface area contributed by atoms with Crippen molar-refractivity contribution in [3.8, 4) is 0 Å². The van der Waals surface area contributed by atoms with E-state index in [9.17, 15) is 0 Å². The van der Waals surface area contributed by atoms with E-state index in [0.29, 0.717) is 33.0 Å². The summed E-state index contributed by atoms with van der Waals surface area (Å²) in [4.78, 5) is 4.37. The summed E-state index contributed by atoms with van der Waals surface area (Å²) in [6.07, 6.45) is 0. The fourth-order valence-corrected chi connectivity index (χ4v) is 1.93. The lowest BCUT2D eigenvalue weighted by molar-refractivity contribution is 0.0255. The van der Waals surface area contributed by atoms with Gasteiger partial charge >= 0.3 is 0 Å². The molecule has 1 N–H and O–H groups in total. The van der Waals surface area contributed by atoms with Gasteiger partial charge in [-0.3, -0.25) is 0 Å². The molecule has 104 valence electrons. The van der Waals surface area contributed by atoms with Crippen molar-refractivity contribution in [3.05, 3.63) is 16.1 Å². The molecule has 0 saturated carbocycles. The molecule has 5 nitrogen and oxygen atoms in total. The second-order valence-corrected chi connectivity index (χ2v) is 4.81. The fourth-order valence-electron chi connectivity index (χ4n) is 1.31. The van der Waals surface area contributed by atoms with Gasteiger partial charge in [0.15, 0.2) is 0 Å². The fraction of sp³-hybridized carbons (Fsp3) is 0.750. The average molecular weight is 274 g/mol. The Morgan fingerprint density at radius 3 is 2.56 bits per heavy atom. The van der Waals surface area contributed by atoms with Crippen LogP contribution in [0.4, 0.5) is 0 Å². The number of methoxy groups -OCH3 is 1. The third-order valence-electron chi connectivity index (χ3n) is 2.20. The first kappa shape index (κ1) is 15.5. The molecule has 0 fully saturated rings. The molecule has 6 heteroatoms. The van der Waals surface area contributed by atoms with E-state index in [1.807, 2.05) is 6.92 Å². The minimum Gasteiger partial charge on any atom is -0.382 e. The normalized spacial score (nSPS) is 11.0. The second-order valence-electron chi connectivity index (χ2n) is 3.75. The molecular formula is C12H22N2O3S. The molecule has 0 unspecified atom stereocenters. The van der Waals surface area contributed by atoms with Crippen LogP contribution >= 0.6 is 11.3 Å². The van der Waals surface area contributed by atoms with E-state index < -0.39 is 0 Å². The molecule has 0 aromatic carbocycles. The van der Waals surface area contributed by atoms with Crippen LogP contribution in [-0.4, -0.2) is 51.7 Å². The van der Waals surface area contributed by atoms with Gasteiger partial charge in [-0.1, -0.05) is 0 Å². The van der Waals surface area contributed by atoms with Crippen molar-refractivity contribution >= 4 is 11.3 Å². The Morgan fingerprint density at radius 1 is 1.17 bits per heavy atom. The largest absolute Gasteiger partial charge is 0.382 e. The van der Waals surface area contributed by atoms with Gasteiger partial charge in [0.1, 0.15) is 0 Å². The topological polar surface area (TPSA) is 52.6 Å². The monoisotopic (exact) mass is 274 g/mol. The molecule has 0 aliphatic rings. The molecule has 0 spiro atoms. The van der Waals surface area contributed by atoms with Crippen molar-refractivity contribution in [1.29, 1.82) is 0 Å². The third kappa shape index (κ3) is 7.73. The Labute approximate surface area is 112 Å². The highest BCUT2D eigenvalue weighted by atomic mass is 32.1. The summed E-state index contributed by atoms with van der Waals surface area (Å²) in [6.45, 7) is 6.84. The summed E-state index contributed by atoms with van der Waals surface area (Å²) in [6, 6.07) is 0. The maximum atomic E-state index is 5.41. The van der Waals surface area contributed by atoms with Crippen molar-refractivity contribution in [2.45, 2.75) is 13.5 Å². The summed E-state index contributed by atoms with van der Waals surface area (Å²) >= 11 is 1.68. The minimum atomic E-state index is 0.620. The number of nitrogens with zero attached hydrogens (tertiary/aromatic N) is 1. The van der Waals surface area contributed by atoms with Gasteiger partial charge in [-0.05, 0) is 6.92 Å². The lowest BCUT2D eigenvalue weighted by Gasteiger charge is -2.06. The summed E-state index contributed by atoms with van der Waals surface area (Å²) < 4.78 is 15.5. The minimum absolute atomic E-state index is 0.620. The molecular weight excluding hydrogens is 252 g/mol. The molecule has 1 rings (SSSR count). The van der Waals surface area contributed by atoms with Crippen LogP contribution in [-0.2, 0) is 20.8 Å². The molecule has 0 amide bonds. The van der Waals surface area contributed by atoms with Gasteiger partial charge in [0, 0.05) is 25.6 Å². The lowest BCUT2D eigenvalue weighted by Crippen LogP contribution is -2.20. The molecule has 0 radical (unpaired) electrons. The molecule has 0 atom stereocenters. The van der Waals surface area contributed by atoms with Crippen molar-refractivity contribution < 1.29 is 14.2 Å². The van der Waals surface area contributed by atoms with Crippen molar-refractivity contribution in [2.24, 2.45) is 0 Å². The number of hydrogen-bond acceptors (Lipinski definition) is 6. The Morgan fingerprint density at radius 2 is 1.89 bits per heavy atom. The highest BCUT2D eigenvalue weighted by molar-refractivity contribution is 7.09. The molecule has 1 aromatic heterocycles. The van der Waals surface area contributed by atoms with Gasteiger partial charge in [-0.2, -0.15) is 0 Å². The molecule has 0 bridgehead atoms. The zero-order chi connectivity index (χ0) is 13.1. The van der Waals surface area contributed by atoms with E-state index in [4.69, 9.17) is 14.2 Å². The van der Waals surface area contributed by atoms with Gasteiger partial charge in [0.2, 0.25) is 0 Å². The summed E-state index contributed by atoms with van der Waals surface area (Å²) in [5, 5.41) is 6.47. The smallest absolute Gasteiger partial charge is 0.0897 e.